The molecule has 0 aromatic carbocycles. The lowest BCUT2D eigenvalue weighted by Gasteiger charge is -1.56. The monoisotopic (exact) mass is 269 g/mol. The minimum atomic E-state index is -1.50. The Morgan fingerprint density at radius 3 is 0.667 bits per heavy atom. The van der Waals surface area contributed by atoms with Crippen molar-refractivity contribution in [2.24, 2.45) is 0 Å². The van der Waals surface area contributed by atoms with Gasteiger partial charge < -0.3 is 60.0 Å². The lowest BCUT2D eigenvalue weighted by Crippen LogP contribution is -1.81. The topological polar surface area (TPSA) is 378 Å². The molecule has 0 bridgehead atoms. The maximum atomic E-state index is 8.36. The van der Waals surface area contributed by atoms with Crippen molar-refractivity contribution in [3.63, 3.8) is 0 Å². The van der Waals surface area contributed by atoms with Crippen LogP contribution in [0.2, 0.25) is 0 Å². The van der Waals surface area contributed by atoms with Crippen LogP contribution in [0.1, 0.15) is 0 Å². The summed E-state index contributed by atoms with van der Waals surface area (Å²) in [7, 11) is 0. The molecule has 0 rings (SSSR count). The van der Waals surface area contributed by atoms with Crippen molar-refractivity contribution in [1.82, 2.24) is 0 Å². The van der Waals surface area contributed by atoms with Gasteiger partial charge in [-0.25, -0.2) is 0 Å². The highest BCUT2D eigenvalue weighted by Gasteiger charge is 1.65. The molecule has 21 N–H and O–H groups in total. The van der Waals surface area contributed by atoms with Crippen molar-refractivity contribution in [2.45, 2.75) is 0 Å². The van der Waals surface area contributed by atoms with Crippen LogP contribution in [0.5, 0.6) is 0 Å². The normalized spacial score (nSPS) is 1.60. The molecular weight excluding hydrogens is 246 g/mol. The van der Waals surface area contributed by atoms with Crippen molar-refractivity contribution in [1.29, 1.82) is 0 Å². The van der Waals surface area contributed by atoms with Crippen LogP contribution in [0.15, 0.2) is 0 Å². The SMILES string of the molecule is O.O.O.O.O.O.O.O.O.O.O=[N+]([O-])O.[MgH2]. The van der Waals surface area contributed by atoms with E-state index in [2.05, 4.69) is 0 Å². The fraction of sp³-hybridized carbons (Fsp3) is 0. The highest BCUT2D eigenvalue weighted by molar-refractivity contribution is 5.75. The van der Waals surface area contributed by atoms with E-state index in [0.29, 0.717) is 0 Å². The number of hydrogen-bond acceptors (Lipinski definition) is 2. The van der Waals surface area contributed by atoms with E-state index in [1.54, 1.807) is 0 Å². The van der Waals surface area contributed by atoms with Gasteiger partial charge >= 0.3 is 23.1 Å². The molecule has 108 valence electrons. The highest BCUT2D eigenvalue weighted by Crippen LogP contribution is 1.38. The lowest BCUT2D eigenvalue weighted by atomic mass is 13.1. The average Bonchev–Trinajstić information content (AvgIpc) is 0.811. The van der Waals surface area contributed by atoms with Gasteiger partial charge in [-0.3, -0.25) is 0 Å². The Morgan fingerprint density at radius 2 is 0.667 bits per heavy atom. The summed E-state index contributed by atoms with van der Waals surface area (Å²) in [5.41, 5.74) is 0. The first kappa shape index (κ1) is 407. The van der Waals surface area contributed by atoms with E-state index in [1.807, 2.05) is 0 Å². The second-order valence-corrected chi connectivity index (χ2v) is 0.238. The largest absolute Gasteiger partial charge is 0.412 e. The zero-order valence-corrected chi connectivity index (χ0v) is 6.71. The predicted octanol–water partition coefficient (Wildman–Crippen LogP) is -9.51. The molecule has 0 aliphatic carbocycles. The zero-order valence-electron chi connectivity index (χ0n) is 6.71. The van der Waals surface area contributed by atoms with Crippen molar-refractivity contribution in [3.8, 4) is 0 Å². The molecular formula is H23MgNO13. The molecule has 15 heavy (non-hydrogen) atoms. The molecule has 0 fully saturated rings. The minimum absolute atomic E-state index is 0. The Hall–Kier alpha value is -0.434. The number of nitrogens with zero attached hydrogens (tertiary/aromatic N) is 1. The molecule has 0 amide bonds. The molecule has 0 aromatic rings. The first-order valence-electron chi connectivity index (χ1n) is 0.565. The average molecular weight is 269 g/mol. The van der Waals surface area contributed by atoms with Gasteiger partial charge in [0.15, 0.2) is 0 Å². The molecule has 0 aromatic heterocycles. The summed E-state index contributed by atoms with van der Waals surface area (Å²) >= 11 is 0. The van der Waals surface area contributed by atoms with Crippen LogP contribution in [-0.4, -0.2) is 88.1 Å². The molecule has 0 unspecified atom stereocenters. The molecule has 0 radical (unpaired) electrons. The summed E-state index contributed by atoms with van der Waals surface area (Å²) in [6, 6.07) is 0. The second kappa shape index (κ2) is 325. The zero-order chi connectivity index (χ0) is 3.58. The maximum Gasteiger partial charge on any atom is 0.316 e. The van der Waals surface area contributed by atoms with Crippen LogP contribution < -0.4 is 0 Å². The van der Waals surface area contributed by atoms with Crippen LogP contribution in [0, 0.1) is 10.1 Å². The molecule has 0 saturated carbocycles. The Bertz CT molecular complexity index is 33.5. The fourth-order valence-electron chi connectivity index (χ4n) is 0. The number of hydrogen-bond donors (Lipinski definition) is 1. The molecule has 0 spiro atoms. The predicted molar refractivity (Wildman–Crippen MR) is 53.5 cm³/mol. The van der Waals surface area contributed by atoms with E-state index >= 15 is 0 Å². The smallest absolute Gasteiger partial charge is 0.316 e. The van der Waals surface area contributed by atoms with E-state index in [-0.39, 0.29) is 77.8 Å². The summed E-state index contributed by atoms with van der Waals surface area (Å²) in [5, 5.41) is 13.6. The van der Waals surface area contributed by atoms with Crippen molar-refractivity contribution in [2.75, 3.05) is 0 Å². The second-order valence-electron chi connectivity index (χ2n) is 0.238. The van der Waals surface area contributed by atoms with Crippen molar-refractivity contribution in [3.05, 3.63) is 10.1 Å². The summed E-state index contributed by atoms with van der Waals surface area (Å²) in [5.74, 6) is 0. The van der Waals surface area contributed by atoms with E-state index < -0.39 is 5.09 Å². The molecule has 0 saturated heterocycles. The summed E-state index contributed by atoms with van der Waals surface area (Å²) in [6.07, 6.45) is 0. The van der Waals surface area contributed by atoms with Gasteiger partial charge in [0.2, 0.25) is 0 Å². The van der Waals surface area contributed by atoms with E-state index in [1.165, 1.54) is 0 Å². The van der Waals surface area contributed by atoms with E-state index in [0.717, 1.165) is 0 Å². The van der Waals surface area contributed by atoms with Crippen molar-refractivity contribution < 1.29 is 65.1 Å². The highest BCUT2D eigenvalue weighted by atomic mass is 24.3. The maximum absolute atomic E-state index is 8.36. The molecule has 0 heterocycles. The summed E-state index contributed by atoms with van der Waals surface area (Å²) < 4.78 is 0. The van der Waals surface area contributed by atoms with Crippen LogP contribution in [0.25, 0.3) is 0 Å². The third-order valence-electron chi connectivity index (χ3n) is 0. The van der Waals surface area contributed by atoms with Gasteiger partial charge in [0.1, 0.15) is 0 Å². The van der Waals surface area contributed by atoms with Gasteiger partial charge in [-0.1, -0.05) is 0 Å². The van der Waals surface area contributed by atoms with Gasteiger partial charge in [0.25, 0.3) is 5.09 Å². The molecule has 0 aliphatic rings. The van der Waals surface area contributed by atoms with Crippen LogP contribution >= 0.6 is 0 Å². The first-order chi connectivity index (χ1) is 1.73. The van der Waals surface area contributed by atoms with Gasteiger partial charge in [0, 0.05) is 0 Å². The first-order valence-corrected chi connectivity index (χ1v) is 0.565. The Labute approximate surface area is 98.9 Å². The summed E-state index contributed by atoms with van der Waals surface area (Å²) in [4.78, 5) is 8.36. The van der Waals surface area contributed by atoms with E-state index in [4.69, 9.17) is 15.3 Å². The quantitative estimate of drug-likeness (QED) is 0.254. The van der Waals surface area contributed by atoms with Crippen LogP contribution in [0.3, 0.4) is 0 Å². The standard InChI is InChI=1S/Mg.HNO3.10H2O.2H/c;2-1(3)4;;;;;;;;;;;;/h;(H,2,3,4);10*1H2;;. The summed E-state index contributed by atoms with van der Waals surface area (Å²) in [6.45, 7) is 0. The molecule has 0 aliphatic heterocycles. The van der Waals surface area contributed by atoms with Crippen molar-refractivity contribution >= 4 is 23.1 Å². The van der Waals surface area contributed by atoms with Gasteiger partial charge in [-0.2, -0.15) is 0 Å². The molecule has 15 heteroatoms. The number of rotatable bonds is 0. The lowest BCUT2D eigenvalue weighted by molar-refractivity contribution is -0.742. The molecule has 0 atom stereocenters. The van der Waals surface area contributed by atoms with Gasteiger partial charge in [-0.05, 0) is 0 Å². The Balaban J connectivity index is -0.000000000818. The van der Waals surface area contributed by atoms with Crippen LogP contribution in [-0.2, 0) is 0 Å². The Morgan fingerprint density at radius 1 is 0.667 bits per heavy atom. The molecule has 14 nitrogen and oxygen atoms in total. The third kappa shape index (κ3) is 9650. The van der Waals surface area contributed by atoms with Gasteiger partial charge in [0.05, 0.1) is 0 Å². The Kier molecular flexibility index (Phi) is 8830. The van der Waals surface area contributed by atoms with E-state index in [9.17, 15) is 0 Å². The van der Waals surface area contributed by atoms with Crippen LogP contribution in [0.4, 0.5) is 0 Å². The van der Waals surface area contributed by atoms with Gasteiger partial charge in [-0.15, -0.1) is 10.1 Å². The fourth-order valence-corrected chi connectivity index (χ4v) is 0. The minimum Gasteiger partial charge on any atom is -0.412 e. The third-order valence-corrected chi connectivity index (χ3v) is 0.